The van der Waals surface area contributed by atoms with E-state index in [-0.39, 0.29) is 17.6 Å². The van der Waals surface area contributed by atoms with Crippen LogP contribution in [0, 0.1) is 18.8 Å². The molecule has 5 nitrogen and oxygen atoms in total. The highest BCUT2D eigenvalue weighted by atomic mass is 16.5. The first kappa shape index (κ1) is 21.4. The lowest BCUT2D eigenvalue weighted by atomic mass is 9.52. The van der Waals surface area contributed by atoms with E-state index in [0.717, 1.165) is 52.9 Å². The molecule has 0 amide bonds. The van der Waals surface area contributed by atoms with E-state index < -0.39 is 5.41 Å². The fraction of sp³-hybridized carbons (Fsp3) is 0.321. The molecule has 0 aliphatic heterocycles. The summed E-state index contributed by atoms with van der Waals surface area (Å²) >= 11 is 0. The number of methoxy groups -OCH3 is 1. The Labute approximate surface area is 194 Å². The molecule has 1 heterocycles. The minimum atomic E-state index is -0.502. The molecule has 0 bridgehead atoms. The van der Waals surface area contributed by atoms with E-state index in [9.17, 15) is 9.90 Å². The predicted molar refractivity (Wildman–Crippen MR) is 127 cm³/mol. The van der Waals surface area contributed by atoms with E-state index in [4.69, 9.17) is 14.7 Å². The van der Waals surface area contributed by atoms with Crippen molar-refractivity contribution in [1.82, 2.24) is 9.97 Å². The van der Waals surface area contributed by atoms with Crippen molar-refractivity contribution in [2.75, 3.05) is 7.11 Å². The maximum Gasteiger partial charge on any atom is 0.165 e. The predicted octanol–water partition coefficient (Wildman–Crippen LogP) is 5.36. The number of Topliss-reactive ketones (excluding diaryl/α,β-unsaturated/α-hetero) is 1. The average Bonchev–Trinajstić information content (AvgIpc) is 2.86. The van der Waals surface area contributed by atoms with E-state index >= 15 is 0 Å². The van der Waals surface area contributed by atoms with Crippen LogP contribution in [-0.2, 0) is 16.6 Å². The van der Waals surface area contributed by atoms with Crippen LogP contribution < -0.4 is 4.74 Å². The van der Waals surface area contributed by atoms with Crippen LogP contribution in [0.15, 0.2) is 66.4 Å². The molecule has 3 aromatic rings. The number of aromatic nitrogens is 2. The van der Waals surface area contributed by atoms with Crippen LogP contribution in [0.2, 0.25) is 0 Å². The number of rotatable bonds is 3. The van der Waals surface area contributed by atoms with Crippen LogP contribution in [0.4, 0.5) is 0 Å². The fourth-order valence-corrected chi connectivity index (χ4v) is 5.98. The smallest absolute Gasteiger partial charge is 0.165 e. The van der Waals surface area contributed by atoms with Crippen LogP contribution in [0.1, 0.15) is 42.4 Å². The Morgan fingerprint density at radius 3 is 2.64 bits per heavy atom. The van der Waals surface area contributed by atoms with Crippen molar-refractivity contribution in [3.63, 3.8) is 0 Å². The second kappa shape index (κ2) is 8.14. The van der Waals surface area contributed by atoms with Crippen molar-refractivity contribution in [2.45, 2.75) is 38.5 Å². The number of fused-ring (bicyclic) bond motifs is 3. The van der Waals surface area contributed by atoms with E-state index in [1.165, 1.54) is 0 Å². The summed E-state index contributed by atoms with van der Waals surface area (Å²) in [6.45, 7) is 3.92. The van der Waals surface area contributed by atoms with Crippen LogP contribution in [0.3, 0.4) is 0 Å². The van der Waals surface area contributed by atoms with Crippen molar-refractivity contribution in [3.8, 4) is 17.0 Å². The minimum absolute atomic E-state index is 0.0382. The monoisotopic (exact) mass is 440 g/mol. The maximum absolute atomic E-state index is 13.0. The summed E-state index contributed by atoms with van der Waals surface area (Å²) in [6, 6.07) is 18.3. The van der Waals surface area contributed by atoms with Gasteiger partial charge >= 0.3 is 0 Å². The molecule has 33 heavy (non-hydrogen) atoms. The van der Waals surface area contributed by atoms with Gasteiger partial charge in [-0.15, -0.1) is 0 Å². The highest BCUT2D eigenvalue weighted by molar-refractivity contribution is 5.98. The molecular weight excluding hydrogens is 412 g/mol. The average molecular weight is 441 g/mol. The molecule has 0 spiro atoms. The third kappa shape index (κ3) is 3.26. The van der Waals surface area contributed by atoms with Gasteiger partial charge in [0, 0.05) is 28.0 Å². The molecule has 1 saturated carbocycles. The standard InChI is InChI=1S/C28H28N2O3/c1-17-24-13-12-23-25(19-8-7-11-22(14-19)33-3)29-18(2)30-27(23)28(24,15-20(16-31)26(17)32)21-9-5-4-6-10-21/h4-11,14,16-17,24,31H,12-13,15H2,1-3H3/b20-16-/t17-,24-,28+/m0/s1. The molecular formula is C28H28N2O3. The largest absolute Gasteiger partial charge is 0.515 e. The van der Waals surface area contributed by atoms with Gasteiger partial charge in [-0.05, 0) is 49.8 Å². The van der Waals surface area contributed by atoms with Crippen LogP contribution >= 0.6 is 0 Å². The van der Waals surface area contributed by atoms with Crippen LogP contribution in [0.5, 0.6) is 5.75 Å². The summed E-state index contributed by atoms with van der Waals surface area (Å²) in [4.78, 5) is 23.0. The molecule has 5 rings (SSSR count). The number of ketones is 1. The van der Waals surface area contributed by atoms with Gasteiger partial charge in [0.05, 0.1) is 24.8 Å². The second-order valence-corrected chi connectivity index (χ2v) is 9.15. The number of aliphatic hydroxyl groups is 1. The van der Waals surface area contributed by atoms with Gasteiger partial charge < -0.3 is 9.84 Å². The molecule has 1 fully saturated rings. The Morgan fingerprint density at radius 2 is 1.91 bits per heavy atom. The Morgan fingerprint density at radius 1 is 1.12 bits per heavy atom. The zero-order chi connectivity index (χ0) is 23.2. The molecule has 2 aliphatic rings. The first-order valence-corrected chi connectivity index (χ1v) is 11.4. The van der Waals surface area contributed by atoms with Crippen molar-refractivity contribution >= 4 is 5.78 Å². The molecule has 1 N–H and O–H groups in total. The summed E-state index contributed by atoms with van der Waals surface area (Å²) < 4.78 is 5.46. The lowest BCUT2D eigenvalue weighted by molar-refractivity contribution is -0.123. The number of hydrogen-bond acceptors (Lipinski definition) is 5. The molecule has 5 heteroatoms. The minimum Gasteiger partial charge on any atom is -0.515 e. The zero-order valence-electron chi connectivity index (χ0n) is 19.2. The number of hydrogen-bond donors (Lipinski definition) is 1. The number of ether oxygens (including phenoxy) is 1. The van der Waals surface area contributed by atoms with E-state index in [1.807, 2.05) is 50.2 Å². The van der Waals surface area contributed by atoms with E-state index in [0.29, 0.717) is 17.8 Å². The number of carbonyl (C=O) groups is 1. The number of allylic oxidation sites excluding steroid dienone is 1. The Balaban J connectivity index is 1.82. The van der Waals surface area contributed by atoms with Gasteiger partial charge in [-0.3, -0.25) is 4.79 Å². The SMILES string of the molecule is COc1cccc(-c2nc(C)nc3c2CC[C@H]2[C@H](C)C(=O)/C(=C\O)C[C@]32c2ccccc2)c1. The lowest BCUT2D eigenvalue weighted by Gasteiger charge is -2.51. The topological polar surface area (TPSA) is 72.3 Å². The van der Waals surface area contributed by atoms with Gasteiger partial charge in [-0.25, -0.2) is 9.97 Å². The molecule has 1 aromatic heterocycles. The van der Waals surface area contributed by atoms with Crippen molar-refractivity contribution in [1.29, 1.82) is 0 Å². The molecule has 2 aromatic carbocycles. The quantitative estimate of drug-likeness (QED) is 0.438. The molecule has 3 atom stereocenters. The van der Waals surface area contributed by atoms with Crippen molar-refractivity contribution in [3.05, 3.63) is 89.1 Å². The molecule has 0 radical (unpaired) electrons. The number of carbonyl (C=O) groups excluding carboxylic acids is 1. The van der Waals surface area contributed by atoms with E-state index in [1.54, 1.807) is 7.11 Å². The summed E-state index contributed by atoms with van der Waals surface area (Å²) in [5.74, 6) is 1.40. The van der Waals surface area contributed by atoms with Crippen molar-refractivity contribution in [2.24, 2.45) is 11.8 Å². The second-order valence-electron chi connectivity index (χ2n) is 9.15. The zero-order valence-corrected chi connectivity index (χ0v) is 19.2. The third-order valence-corrected chi connectivity index (χ3v) is 7.47. The van der Waals surface area contributed by atoms with Gasteiger partial charge in [-0.2, -0.15) is 0 Å². The summed E-state index contributed by atoms with van der Waals surface area (Å²) in [5, 5.41) is 9.99. The molecule has 2 aliphatic carbocycles. The van der Waals surface area contributed by atoms with Crippen LogP contribution in [-0.4, -0.2) is 28.0 Å². The maximum atomic E-state index is 13.0. The first-order valence-electron chi connectivity index (χ1n) is 11.4. The van der Waals surface area contributed by atoms with E-state index in [2.05, 4.69) is 18.2 Å². The highest BCUT2D eigenvalue weighted by Gasteiger charge is 2.55. The van der Waals surface area contributed by atoms with Gasteiger partial charge in [0.25, 0.3) is 0 Å². The first-order chi connectivity index (χ1) is 16.0. The van der Waals surface area contributed by atoms with Gasteiger partial charge in [-0.1, -0.05) is 49.4 Å². The summed E-state index contributed by atoms with van der Waals surface area (Å²) in [5.41, 5.74) is 5.11. The number of aryl methyl sites for hydroxylation is 1. The van der Waals surface area contributed by atoms with Gasteiger partial charge in [0.2, 0.25) is 0 Å². The Bertz CT molecular complexity index is 1250. The van der Waals surface area contributed by atoms with Crippen LogP contribution in [0.25, 0.3) is 11.3 Å². The number of nitrogens with zero attached hydrogens (tertiary/aromatic N) is 2. The van der Waals surface area contributed by atoms with Gasteiger partial charge in [0.1, 0.15) is 11.6 Å². The Kier molecular flexibility index (Phi) is 5.28. The normalized spacial score (nSPS) is 25.4. The summed E-state index contributed by atoms with van der Waals surface area (Å²) in [7, 11) is 1.66. The Hall–Kier alpha value is -3.47. The lowest BCUT2D eigenvalue weighted by Crippen LogP contribution is -2.51. The molecule has 168 valence electrons. The number of benzene rings is 2. The number of aliphatic hydroxyl groups excluding tert-OH is 1. The summed E-state index contributed by atoms with van der Waals surface area (Å²) in [6.07, 6.45) is 3.10. The fourth-order valence-electron chi connectivity index (χ4n) is 5.98. The van der Waals surface area contributed by atoms with Crippen molar-refractivity contribution < 1.29 is 14.6 Å². The molecule has 0 unspecified atom stereocenters. The molecule has 0 saturated heterocycles. The highest BCUT2D eigenvalue weighted by Crippen LogP contribution is 2.56. The van der Waals surface area contributed by atoms with Gasteiger partial charge in [0.15, 0.2) is 5.78 Å². The third-order valence-electron chi connectivity index (χ3n) is 7.47.